The lowest BCUT2D eigenvalue weighted by Crippen LogP contribution is -2.23. The Morgan fingerprint density at radius 2 is 1.89 bits per heavy atom. The van der Waals surface area contributed by atoms with E-state index in [1.165, 1.54) is 6.07 Å². The zero-order valence-electron chi connectivity index (χ0n) is 13.1. The second-order valence-electron chi connectivity index (χ2n) is 5.76. The Morgan fingerprint density at radius 3 is 2.56 bits per heavy atom. The molecule has 0 N–H and O–H groups in total. The maximum atomic E-state index is 13.2. The van der Waals surface area contributed by atoms with Gasteiger partial charge < -0.3 is 0 Å². The Hall–Kier alpha value is -2.75. The molecular formula is C16H8ClF5N4O. The highest BCUT2D eigenvalue weighted by Gasteiger charge is 2.38. The van der Waals surface area contributed by atoms with Crippen LogP contribution in [0.2, 0.25) is 5.02 Å². The smallest absolute Gasteiger partial charge is 0.275 e. The molecule has 27 heavy (non-hydrogen) atoms. The maximum absolute atomic E-state index is 13.2. The number of rotatable bonds is 2. The van der Waals surface area contributed by atoms with E-state index in [9.17, 15) is 26.7 Å². The van der Waals surface area contributed by atoms with Gasteiger partial charge in [-0.3, -0.25) is 9.69 Å². The van der Waals surface area contributed by atoms with Gasteiger partial charge in [0.2, 0.25) is 11.7 Å². The van der Waals surface area contributed by atoms with Gasteiger partial charge in [-0.1, -0.05) is 23.7 Å². The predicted molar refractivity (Wildman–Crippen MR) is 85.2 cm³/mol. The monoisotopic (exact) mass is 402 g/mol. The summed E-state index contributed by atoms with van der Waals surface area (Å²) in [5.74, 6) is -1.54. The normalized spacial score (nSPS) is 14.5. The average molecular weight is 403 g/mol. The first-order valence-corrected chi connectivity index (χ1v) is 7.91. The molecule has 140 valence electrons. The average Bonchev–Trinajstić information content (AvgIpc) is 3.15. The highest BCUT2D eigenvalue weighted by Crippen LogP contribution is 2.43. The van der Waals surface area contributed by atoms with Crippen molar-refractivity contribution < 1.29 is 26.7 Å². The summed E-state index contributed by atoms with van der Waals surface area (Å²) < 4.78 is 66.0. The third-order valence-corrected chi connectivity index (χ3v) is 4.40. The molecule has 2 aromatic heterocycles. The van der Waals surface area contributed by atoms with Crippen molar-refractivity contribution in [2.24, 2.45) is 0 Å². The van der Waals surface area contributed by atoms with Crippen LogP contribution in [0.15, 0.2) is 30.3 Å². The number of pyridine rings is 1. The molecule has 1 amide bonds. The van der Waals surface area contributed by atoms with Crippen molar-refractivity contribution in [2.45, 2.75) is 19.0 Å². The summed E-state index contributed by atoms with van der Waals surface area (Å²) in [6.45, 7) is 0. The molecule has 3 aromatic rings. The number of hydrogen-bond acceptors (Lipinski definition) is 3. The largest absolute Gasteiger partial charge is 0.433 e. The van der Waals surface area contributed by atoms with Crippen molar-refractivity contribution in [3.63, 3.8) is 0 Å². The van der Waals surface area contributed by atoms with Crippen LogP contribution < -0.4 is 4.90 Å². The van der Waals surface area contributed by atoms with Gasteiger partial charge in [0.15, 0.2) is 5.65 Å². The van der Waals surface area contributed by atoms with Crippen LogP contribution in [0.5, 0.6) is 0 Å². The number of carbonyl (C=O) groups excluding carboxylic acids is 1. The molecule has 0 fully saturated rings. The summed E-state index contributed by atoms with van der Waals surface area (Å²) in [4.78, 5) is 17.1. The molecule has 0 unspecified atom stereocenters. The van der Waals surface area contributed by atoms with E-state index in [1.54, 1.807) is 12.1 Å². The number of aromatic nitrogens is 3. The Kier molecular flexibility index (Phi) is 3.84. The molecule has 5 nitrogen and oxygen atoms in total. The summed E-state index contributed by atoms with van der Waals surface area (Å²) in [5, 5.41) is 3.48. The van der Waals surface area contributed by atoms with E-state index in [0.717, 1.165) is 11.0 Å². The van der Waals surface area contributed by atoms with Crippen molar-refractivity contribution in [1.82, 2.24) is 14.6 Å². The highest BCUT2D eigenvalue weighted by atomic mass is 35.5. The van der Waals surface area contributed by atoms with Gasteiger partial charge in [-0.05, 0) is 23.8 Å². The van der Waals surface area contributed by atoms with Gasteiger partial charge in [0.25, 0.3) is 6.43 Å². The van der Waals surface area contributed by atoms with Crippen molar-refractivity contribution in [2.75, 3.05) is 4.90 Å². The number of halogens is 6. The fourth-order valence-corrected chi connectivity index (χ4v) is 3.30. The quantitative estimate of drug-likeness (QED) is 0.590. The first-order valence-electron chi connectivity index (χ1n) is 7.54. The van der Waals surface area contributed by atoms with Crippen LogP contribution >= 0.6 is 11.6 Å². The number of fused-ring (bicyclic) bond motifs is 2. The van der Waals surface area contributed by atoms with Crippen LogP contribution in [-0.4, -0.2) is 20.5 Å². The van der Waals surface area contributed by atoms with E-state index in [0.29, 0.717) is 11.6 Å². The summed E-state index contributed by atoms with van der Waals surface area (Å²) in [7, 11) is 0. The maximum Gasteiger partial charge on any atom is 0.433 e. The molecule has 3 heterocycles. The molecule has 0 atom stereocenters. The van der Waals surface area contributed by atoms with Gasteiger partial charge in [0, 0.05) is 0 Å². The standard InChI is InChI=1S/C16H8ClF5N4O/c17-8-3-1-2-7-6-11(27)25(12(7)8)9-4-5-10(16(20,21)22)26-15(9)23-14(24-26)13(18)19/h1-5,13H,6H2. The molecule has 4 rings (SSSR count). The van der Waals surface area contributed by atoms with E-state index in [2.05, 4.69) is 10.1 Å². The second-order valence-corrected chi connectivity index (χ2v) is 6.17. The number of carbonyl (C=O) groups is 1. The highest BCUT2D eigenvalue weighted by molar-refractivity contribution is 6.35. The minimum atomic E-state index is -4.85. The molecular weight excluding hydrogens is 395 g/mol. The number of benzene rings is 1. The zero-order valence-corrected chi connectivity index (χ0v) is 13.9. The van der Waals surface area contributed by atoms with E-state index in [-0.39, 0.29) is 27.3 Å². The zero-order chi connectivity index (χ0) is 19.5. The molecule has 11 heteroatoms. The third kappa shape index (κ3) is 2.71. The van der Waals surface area contributed by atoms with Gasteiger partial charge >= 0.3 is 6.18 Å². The molecule has 0 saturated heterocycles. The van der Waals surface area contributed by atoms with Crippen LogP contribution in [0.3, 0.4) is 0 Å². The number of para-hydroxylation sites is 1. The fraction of sp³-hybridized carbons (Fsp3) is 0.188. The molecule has 0 saturated carbocycles. The van der Waals surface area contributed by atoms with E-state index in [4.69, 9.17) is 11.6 Å². The molecule has 0 radical (unpaired) electrons. The van der Waals surface area contributed by atoms with Gasteiger partial charge in [-0.2, -0.15) is 13.2 Å². The summed E-state index contributed by atoms with van der Waals surface area (Å²) >= 11 is 6.15. The van der Waals surface area contributed by atoms with E-state index in [1.807, 2.05) is 0 Å². The second kappa shape index (κ2) is 5.88. The lowest BCUT2D eigenvalue weighted by Gasteiger charge is -2.20. The van der Waals surface area contributed by atoms with Crippen molar-refractivity contribution in [3.05, 3.63) is 52.4 Å². The Bertz CT molecular complexity index is 1080. The lowest BCUT2D eigenvalue weighted by molar-refractivity contribution is -0.142. The number of hydrogen-bond donors (Lipinski definition) is 0. The van der Waals surface area contributed by atoms with Crippen molar-refractivity contribution in [1.29, 1.82) is 0 Å². The Labute approximate surface area is 153 Å². The lowest BCUT2D eigenvalue weighted by atomic mass is 10.2. The van der Waals surface area contributed by atoms with Crippen LogP contribution in [0.25, 0.3) is 5.65 Å². The number of nitrogens with zero attached hydrogens (tertiary/aromatic N) is 4. The predicted octanol–water partition coefficient (Wildman–Crippen LogP) is 4.56. The van der Waals surface area contributed by atoms with Crippen LogP contribution in [0.1, 0.15) is 23.5 Å². The molecule has 1 aromatic carbocycles. The first kappa shape index (κ1) is 17.7. The molecule has 1 aliphatic heterocycles. The van der Waals surface area contributed by atoms with Gasteiger partial charge in [-0.25, -0.2) is 18.3 Å². The summed E-state index contributed by atoms with van der Waals surface area (Å²) in [6, 6.07) is 6.45. The first-order chi connectivity index (χ1) is 12.7. The van der Waals surface area contributed by atoms with Crippen molar-refractivity contribution >= 4 is 34.5 Å². The Morgan fingerprint density at radius 1 is 1.15 bits per heavy atom. The number of alkyl halides is 5. The summed E-state index contributed by atoms with van der Waals surface area (Å²) in [5.41, 5.74) is -1.06. The SMILES string of the molecule is O=C1Cc2cccc(Cl)c2N1c1ccc(C(F)(F)F)n2nc(C(F)F)nc12. The number of amides is 1. The van der Waals surface area contributed by atoms with Crippen LogP contribution in [0, 0.1) is 0 Å². The van der Waals surface area contributed by atoms with E-state index < -0.39 is 35.7 Å². The van der Waals surface area contributed by atoms with Gasteiger partial charge in [0.05, 0.1) is 22.8 Å². The fourth-order valence-electron chi connectivity index (χ4n) is 3.02. The minimum absolute atomic E-state index is 0.0289. The Balaban J connectivity index is 2.01. The van der Waals surface area contributed by atoms with Crippen LogP contribution in [0.4, 0.5) is 33.3 Å². The van der Waals surface area contributed by atoms with Crippen LogP contribution in [-0.2, 0) is 17.4 Å². The summed E-state index contributed by atoms with van der Waals surface area (Å²) in [6.07, 6.45) is -8.06. The van der Waals surface area contributed by atoms with E-state index >= 15 is 0 Å². The molecule has 0 aliphatic carbocycles. The van der Waals surface area contributed by atoms with Crippen molar-refractivity contribution in [3.8, 4) is 0 Å². The topological polar surface area (TPSA) is 50.5 Å². The number of anilines is 2. The van der Waals surface area contributed by atoms with Gasteiger partial charge in [0.1, 0.15) is 5.69 Å². The molecule has 1 aliphatic rings. The van der Waals surface area contributed by atoms with Gasteiger partial charge in [-0.15, -0.1) is 5.10 Å². The third-order valence-electron chi connectivity index (χ3n) is 4.09. The molecule has 0 bridgehead atoms. The molecule has 0 spiro atoms. The minimum Gasteiger partial charge on any atom is -0.275 e.